The van der Waals surface area contributed by atoms with Crippen molar-refractivity contribution in [3.8, 4) is 17.0 Å². The van der Waals surface area contributed by atoms with Crippen molar-refractivity contribution in [2.75, 3.05) is 11.9 Å². The molecule has 0 radical (unpaired) electrons. The van der Waals surface area contributed by atoms with Crippen LogP contribution in [-0.2, 0) is 11.3 Å². The van der Waals surface area contributed by atoms with Gasteiger partial charge in [-0.05, 0) is 50.2 Å². The largest absolute Gasteiger partial charge is 0.494 e. The number of benzene rings is 1. The molecule has 1 N–H and O–H groups in total. The van der Waals surface area contributed by atoms with E-state index in [0.29, 0.717) is 29.5 Å². The lowest BCUT2D eigenvalue weighted by Crippen LogP contribution is -2.28. The zero-order valence-corrected chi connectivity index (χ0v) is 16.6. The molecule has 0 saturated carbocycles. The first-order chi connectivity index (χ1) is 14.5. The number of carbonyl (C=O) groups excluding carboxylic acids is 1. The SMILES string of the molecule is CCOc1ccc(NC(=O)Cn2nc3cc(-c4ccncc4)nc(C)n3c2=O)cc1. The van der Waals surface area contributed by atoms with Gasteiger partial charge in [-0.3, -0.25) is 9.78 Å². The van der Waals surface area contributed by atoms with Crippen molar-refractivity contribution in [1.82, 2.24) is 24.1 Å². The third-order valence-corrected chi connectivity index (χ3v) is 4.45. The first-order valence-corrected chi connectivity index (χ1v) is 9.45. The van der Waals surface area contributed by atoms with Crippen molar-refractivity contribution in [3.05, 3.63) is 71.2 Å². The summed E-state index contributed by atoms with van der Waals surface area (Å²) in [6.07, 6.45) is 3.35. The van der Waals surface area contributed by atoms with Crippen LogP contribution in [0.3, 0.4) is 0 Å². The number of pyridine rings is 1. The van der Waals surface area contributed by atoms with E-state index in [1.807, 2.05) is 19.1 Å². The van der Waals surface area contributed by atoms with Crippen LogP contribution in [0.5, 0.6) is 5.75 Å². The van der Waals surface area contributed by atoms with Gasteiger partial charge in [-0.2, -0.15) is 0 Å². The van der Waals surface area contributed by atoms with Gasteiger partial charge in [0.2, 0.25) is 5.91 Å². The van der Waals surface area contributed by atoms with Crippen molar-refractivity contribution >= 4 is 17.2 Å². The summed E-state index contributed by atoms with van der Waals surface area (Å²) in [7, 11) is 0. The van der Waals surface area contributed by atoms with Gasteiger partial charge in [0.15, 0.2) is 5.65 Å². The molecular weight excluding hydrogens is 384 g/mol. The zero-order valence-electron chi connectivity index (χ0n) is 16.6. The predicted octanol–water partition coefficient (Wildman–Crippen LogP) is 2.30. The second-order valence-corrected chi connectivity index (χ2v) is 6.56. The number of ether oxygens (including phenoxy) is 1. The highest BCUT2D eigenvalue weighted by Crippen LogP contribution is 2.18. The molecule has 0 aliphatic rings. The highest BCUT2D eigenvalue weighted by atomic mass is 16.5. The molecule has 0 bridgehead atoms. The number of anilines is 1. The molecule has 9 heteroatoms. The first-order valence-electron chi connectivity index (χ1n) is 9.45. The number of hydrogen-bond acceptors (Lipinski definition) is 6. The fourth-order valence-electron chi connectivity index (χ4n) is 3.11. The van der Waals surface area contributed by atoms with Crippen molar-refractivity contribution in [3.63, 3.8) is 0 Å². The second kappa shape index (κ2) is 8.16. The monoisotopic (exact) mass is 404 g/mol. The summed E-state index contributed by atoms with van der Waals surface area (Å²) in [4.78, 5) is 33.6. The summed E-state index contributed by atoms with van der Waals surface area (Å²) >= 11 is 0. The van der Waals surface area contributed by atoms with E-state index in [1.54, 1.807) is 49.6 Å². The van der Waals surface area contributed by atoms with Gasteiger partial charge in [0.05, 0.1) is 12.3 Å². The van der Waals surface area contributed by atoms with E-state index in [1.165, 1.54) is 4.40 Å². The van der Waals surface area contributed by atoms with E-state index in [4.69, 9.17) is 4.74 Å². The highest BCUT2D eigenvalue weighted by Gasteiger charge is 2.15. The Balaban J connectivity index is 1.57. The van der Waals surface area contributed by atoms with E-state index in [2.05, 4.69) is 20.4 Å². The molecule has 3 heterocycles. The summed E-state index contributed by atoms with van der Waals surface area (Å²) in [5.41, 5.74) is 2.16. The van der Waals surface area contributed by atoms with Crippen LogP contribution >= 0.6 is 0 Å². The van der Waals surface area contributed by atoms with E-state index < -0.39 is 5.69 Å². The molecule has 9 nitrogen and oxygen atoms in total. The molecule has 0 atom stereocenters. The molecule has 0 aliphatic carbocycles. The Morgan fingerprint density at radius 1 is 1.13 bits per heavy atom. The average molecular weight is 404 g/mol. The van der Waals surface area contributed by atoms with Crippen molar-refractivity contribution in [2.45, 2.75) is 20.4 Å². The summed E-state index contributed by atoms with van der Waals surface area (Å²) in [5.74, 6) is 0.854. The van der Waals surface area contributed by atoms with Crippen LogP contribution in [-0.4, -0.2) is 36.7 Å². The number of hydrogen-bond donors (Lipinski definition) is 1. The fourth-order valence-corrected chi connectivity index (χ4v) is 3.11. The molecule has 4 rings (SSSR count). The number of aromatic nitrogens is 5. The minimum Gasteiger partial charge on any atom is -0.494 e. The maximum absolute atomic E-state index is 12.7. The average Bonchev–Trinajstić information content (AvgIpc) is 3.06. The quantitative estimate of drug-likeness (QED) is 0.529. The van der Waals surface area contributed by atoms with E-state index in [-0.39, 0.29) is 12.5 Å². The summed E-state index contributed by atoms with van der Waals surface area (Å²) in [6.45, 7) is 3.99. The Morgan fingerprint density at radius 3 is 2.57 bits per heavy atom. The number of amides is 1. The van der Waals surface area contributed by atoms with Gasteiger partial charge in [-0.25, -0.2) is 18.9 Å². The van der Waals surface area contributed by atoms with Gasteiger partial charge in [-0.1, -0.05) is 0 Å². The molecule has 3 aromatic heterocycles. The highest BCUT2D eigenvalue weighted by molar-refractivity contribution is 5.90. The smallest absolute Gasteiger partial charge is 0.352 e. The molecule has 1 aromatic carbocycles. The summed E-state index contributed by atoms with van der Waals surface area (Å²) < 4.78 is 7.90. The lowest BCUT2D eigenvalue weighted by atomic mass is 10.2. The Labute approximate surface area is 172 Å². The number of nitrogens with zero attached hydrogens (tertiary/aromatic N) is 5. The van der Waals surface area contributed by atoms with Gasteiger partial charge in [0.25, 0.3) is 0 Å². The standard InChI is InChI=1S/C21H20N6O3/c1-3-30-17-6-4-16(5-7-17)24-20(28)13-26-21(29)27-14(2)23-18(12-19(27)25-26)15-8-10-22-11-9-15/h4-12H,3,13H2,1-2H3,(H,24,28). The number of nitrogens with one attached hydrogen (secondary N) is 1. The number of carbonyl (C=O) groups is 1. The van der Waals surface area contributed by atoms with Crippen LogP contribution in [0, 0.1) is 6.92 Å². The Morgan fingerprint density at radius 2 is 1.87 bits per heavy atom. The van der Waals surface area contributed by atoms with Crippen molar-refractivity contribution in [2.24, 2.45) is 0 Å². The lowest BCUT2D eigenvalue weighted by Gasteiger charge is -2.06. The molecule has 0 fully saturated rings. The third kappa shape index (κ3) is 3.90. The Hall–Kier alpha value is -4.01. The first kappa shape index (κ1) is 19.3. The summed E-state index contributed by atoms with van der Waals surface area (Å²) in [6, 6.07) is 12.4. The van der Waals surface area contributed by atoms with E-state index >= 15 is 0 Å². The van der Waals surface area contributed by atoms with Crippen LogP contribution in [0.1, 0.15) is 12.7 Å². The van der Waals surface area contributed by atoms with Gasteiger partial charge in [-0.15, -0.1) is 5.10 Å². The third-order valence-electron chi connectivity index (χ3n) is 4.45. The molecular formula is C21H20N6O3. The van der Waals surface area contributed by atoms with Crippen LogP contribution < -0.4 is 15.7 Å². The molecule has 152 valence electrons. The number of rotatable bonds is 6. The minimum atomic E-state index is -0.418. The van der Waals surface area contributed by atoms with Crippen molar-refractivity contribution in [1.29, 1.82) is 0 Å². The molecule has 1 amide bonds. The maximum Gasteiger partial charge on any atom is 0.352 e. The molecule has 30 heavy (non-hydrogen) atoms. The minimum absolute atomic E-state index is 0.211. The molecule has 0 aliphatic heterocycles. The molecule has 0 unspecified atom stereocenters. The van der Waals surface area contributed by atoms with E-state index in [9.17, 15) is 9.59 Å². The van der Waals surface area contributed by atoms with E-state index in [0.717, 1.165) is 16.0 Å². The van der Waals surface area contributed by atoms with Gasteiger partial charge in [0, 0.05) is 29.7 Å². The molecule has 4 aromatic rings. The van der Waals surface area contributed by atoms with Crippen LogP contribution in [0.2, 0.25) is 0 Å². The topological polar surface area (TPSA) is 103 Å². The fraction of sp³-hybridized carbons (Fsp3) is 0.190. The zero-order chi connectivity index (χ0) is 21.1. The number of fused-ring (bicyclic) bond motifs is 1. The summed E-state index contributed by atoms with van der Waals surface area (Å²) in [5, 5.41) is 7.07. The number of aryl methyl sites for hydroxylation is 1. The lowest BCUT2D eigenvalue weighted by molar-refractivity contribution is -0.117. The normalized spacial score (nSPS) is 10.9. The Bertz CT molecular complexity index is 1250. The van der Waals surface area contributed by atoms with Crippen LogP contribution in [0.25, 0.3) is 16.9 Å². The molecule has 0 saturated heterocycles. The molecule has 0 spiro atoms. The van der Waals surface area contributed by atoms with Crippen molar-refractivity contribution < 1.29 is 9.53 Å². The maximum atomic E-state index is 12.7. The van der Waals surface area contributed by atoms with Gasteiger partial charge in [0.1, 0.15) is 18.1 Å². The van der Waals surface area contributed by atoms with Gasteiger partial charge < -0.3 is 10.1 Å². The predicted molar refractivity (Wildman–Crippen MR) is 111 cm³/mol. The Kier molecular flexibility index (Phi) is 5.25. The second-order valence-electron chi connectivity index (χ2n) is 6.56. The van der Waals surface area contributed by atoms with Crippen LogP contribution in [0.4, 0.5) is 5.69 Å². The van der Waals surface area contributed by atoms with Gasteiger partial charge >= 0.3 is 5.69 Å². The van der Waals surface area contributed by atoms with Crippen LogP contribution in [0.15, 0.2) is 59.7 Å².